The summed E-state index contributed by atoms with van der Waals surface area (Å²) in [6, 6.07) is 1.65. The highest BCUT2D eigenvalue weighted by Crippen LogP contribution is 2.23. The van der Waals surface area contributed by atoms with Crippen LogP contribution in [0.4, 0.5) is 0 Å². The van der Waals surface area contributed by atoms with Crippen molar-refractivity contribution in [3.8, 4) is 0 Å². The zero-order valence-electron chi connectivity index (χ0n) is 11.8. The Morgan fingerprint density at radius 2 is 2.10 bits per heavy atom. The number of amides is 1. The second-order valence-electron chi connectivity index (χ2n) is 5.35. The van der Waals surface area contributed by atoms with Crippen molar-refractivity contribution < 1.29 is 4.79 Å². The second kappa shape index (κ2) is 7.24. The Morgan fingerprint density at radius 3 is 2.75 bits per heavy atom. The normalized spacial score (nSPS) is 16.1. The highest BCUT2D eigenvalue weighted by molar-refractivity contribution is 5.94. The lowest BCUT2D eigenvalue weighted by atomic mass is 9.93. The van der Waals surface area contributed by atoms with Crippen LogP contribution in [-0.4, -0.2) is 34.9 Å². The number of carbonyl (C=O) groups is 1. The molecule has 1 aliphatic rings. The fourth-order valence-electron chi connectivity index (χ4n) is 2.84. The van der Waals surface area contributed by atoms with Gasteiger partial charge >= 0.3 is 0 Å². The molecule has 2 rings (SSSR count). The minimum atomic E-state index is -0.220. The number of carbonyl (C=O) groups excluding carboxylic acids is 1. The average molecular weight is 277 g/mol. The number of nitrogens with two attached hydrogens (primary N) is 1. The summed E-state index contributed by atoms with van der Waals surface area (Å²) < 4.78 is 0. The quantitative estimate of drug-likeness (QED) is 0.856. The third-order valence-corrected chi connectivity index (χ3v) is 3.93. The summed E-state index contributed by atoms with van der Waals surface area (Å²) in [6.45, 7) is 1.19. The van der Waals surface area contributed by atoms with Gasteiger partial charge in [-0.05, 0) is 25.8 Å². The van der Waals surface area contributed by atoms with Crippen LogP contribution in [0.2, 0.25) is 0 Å². The molecule has 1 fully saturated rings. The molecule has 0 saturated heterocycles. The van der Waals surface area contributed by atoms with Gasteiger partial charge in [-0.1, -0.05) is 19.3 Å². The van der Waals surface area contributed by atoms with Crippen LogP contribution < -0.4 is 11.2 Å². The molecular formula is C15H23N3O2. The molecule has 1 amide bonds. The molecular weight excluding hydrogens is 254 g/mol. The molecule has 1 heterocycles. The summed E-state index contributed by atoms with van der Waals surface area (Å²) in [5.41, 5.74) is 5.58. The number of hydrogen-bond acceptors (Lipinski definition) is 3. The summed E-state index contributed by atoms with van der Waals surface area (Å²) in [4.78, 5) is 29.1. The van der Waals surface area contributed by atoms with Crippen molar-refractivity contribution in [1.29, 1.82) is 0 Å². The first kappa shape index (κ1) is 14.8. The molecule has 3 N–H and O–H groups in total. The number of pyridine rings is 1. The molecule has 1 saturated carbocycles. The van der Waals surface area contributed by atoms with Gasteiger partial charge in [-0.15, -0.1) is 0 Å². The molecule has 0 aliphatic heterocycles. The van der Waals surface area contributed by atoms with E-state index in [0.717, 1.165) is 32.1 Å². The largest absolute Gasteiger partial charge is 0.367 e. The van der Waals surface area contributed by atoms with Crippen molar-refractivity contribution in [2.75, 3.05) is 13.1 Å². The van der Waals surface area contributed by atoms with Crippen LogP contribution in [0.25, 0.3) is 0 Å². The summed E-state index contributed by atoms with van der Waals surface area (Å²) in [5, 5.41) is 0. The minimum Gasteiger partial charge on any atom is -0.367 e. The molecule has 1 aromatic heterocycles. The van der Waals surface area contributed by atoms with Gasteiger partial charge in [-0.2, -0.15) is 0 Å². The van der Waals surface area contributed by atoms with E-state index in [1.807, 2.05) is 4.90 Å². The van der Waals surface area contributed by atoms with Crippen LogP contribution in [0.3, 0.4) is 0 Å². The van der Waals surface area contributed by atoms with E-state index in [4.69, 9.17) is 5.73 Å². The number of rotatable bonds is 5. The first-order chi connectivity index (χ1) is 9.74. The average Bonchev–Trinajstić information content (AvgIpc) is 2.49. The van der Waals surface area contributed by atoms with Crippen LogP contribution in [0.15, 0.2) is 23.3 Å². The maximum absolute atomic E-state index is 12.6. The van der Waals surface area contributed by atoms with E-state index in [1.54, 1.807) is 6.20 Å². The number of nitrogens with zero attached hydrogens (tertiary/aromatic N) is 1. The van der Waals surface area contributed by atoms with E-state index in [0.29, 0.717) is 13.1 Å². The summed E-state index contributed by atoms with van der Waals surface area (Å²) >= 11 is 0. The first-order valence-corrected chi connectivity index (χ1v) is 7.42. The molecule has 0 aromatic carbocycles. The number of hydrogen-bond donors (Lipinski definition) is 2. The molecule has 0 atom stereocenters. The molecule has 5 heteroatoms. The van der Waals surface area contributed by atoms with Gasteiger partial charge in [0.1, 0.15) is 5.56 Å². The van der Waals surface area contributed by atoms with E-state index >= 15 is 0 Å². The van der Waals surface area contributed by atoms with Crippen molar-refractivity contribution in [2.45, 2.75) is 44.6 Å². The van der Waals surface area contributed by atoms with Crippen LogP contribution in [0.5, 0.6) is 0 Å². The molecule has 1 aromatic rings. The molecule has 0 unspecified atom stereocenters. The molecule has 1 aliphatic carbocycles. The topological polar surface area (TPSA) is 79.2 Å². The Labute approximate surface area is 119 Å². The van der Waals surface area contributed by atoms with Gasteiger partial charge in [0.15, 0.2) is 5.43 Å². The number of nitrogens with one attached hydrogen (secondary N) is 1. The van der Waals surface area contributed by atoms with Gasteiger partial charge in [0.25, 0.3) is 5.91 Å². The van der Waals surface area contributed by atoms with E-state index in [2.05, 4.69) is 4.98 Å². The van der Waals surface area contributed by atoms with Crippen LogP contribution in [0, 0.1) is 0 Å². The Hall–Kier alpha value is -1.62. The summed E-state index contributed by atoms with van der Waals surface area (Å²) in [7, 11) is 0. The van der Waals surface area contributed by atoms with E-state index < -0.39 is 0 Å². The lowest BCUT2D eigenvalue weighted by molar-refractivity contribution is 0.0631. The fraction of sp³-hybridized carbons (Fsp3) is 0.600. The van der Waals surface area contributed by atoms with Crippen molar-refractivity contribution in [3.05, 3.63) is 34.2 Å². The zero-order chi connectivity index (χ0) is 14.4. The van der Waals surface area contributed by atoms with Gasteiger partial charge in [-0.3, -0.25) is 9.59 Å². The monoisotopic (exact) mass is 277 g/mol. The van der Waals surface area contributed by atoms with E-state index in [9.17, 15) is 9.59 Å². The van der Waals surface area contributed by atoms with Crippen LogP contribution >= 0.6 is 0 Å². The standard InChI is InChI=1S/C15H23N3O2/c16-8-4-10-18(12-5-2-1-3-6-12)15(20)13-11-17-9-7-14(13)19/h7,9,11-12H,1-6,8,10,16H2,(H,17,19). The van der Waals surface area contributed by atoms with Gasteiger partial charge in [-0.25, -0.2) is 0 Å². The zero-order valence-corrected chi connectivity index (χ0v) is 11.8. The Bertz CT molecular complexity index is 492. The lowest BCUT2D eigenvalue weighted by Crippen LogP contribution is -2.44. The maximum Gasteiger partial charge on any atom is 0.259 e. The number of aromatic amines is 1. The maximum atomic E-state index is 12.6. The van der Waals surface area contributed by atoms with Crippen LogP contribution in [-0.2, 0) is 0 Å². The summed E-state index contributed by atoms with van der Waals surface area (Å²) in [6.07, 6.45) is 9.42. The van der Waals surface area contributed by atoms with Gasteiger partial charge in [0.05, 0.1) is 0 Å². The number of aromatic nitrogens is 1. The number of H-pyrrole nitrogens is 1. The van der Waals surface area contributed by atoms with Crippen molar-refractivity contribution >= 4 is 5.91 Å². The van der Waals surface area contributed by atoms with Gasteiger partial charge in [0, 0.05) is 31.0 Å². The molecule has 0 radical (unpaired) electrons. The first-order valence-electron chi connectivity index (χ1n) is 7.42. The Morgan fingerprint density at radius 1 is 1.35 bits per heavy atom. The highest BCUT2D eigenvalue weighted by Gasteiger charge is 2.26. The molecule has 0 spiro atoms. The highest BCUT2D eigenvalue weighted by atomic mass is 16.2. The van der Waals surface area contributed by atoms with E-state index in [-0.39, 0.29) is 22.9 Å². The van der Waals surface area contributed by atoms with Crippen molar-refractivity contribution in [2.24, 2.45) is 5.73 Å². The Kier molecular flexibility index (Phi) is 5.35. The SMILES string of the molecule is NCCCN(C(=O)c1c[nH]ccc1=O)C1CCCCC1. The minimum absolute atomic E-state index is 0.160. The summed E-state index contributed by atoms with van der Waals surface area (Å²) in [5.74, 6) is -0.160. The van der Waals surface area contributed by atoms with Gasteiger partial charge < -0.3 is 15.6 Å². The molecule has 5 nitrogen and oxygen atoms in total. The van der Waals surface area contributed by atoms with Crippen molar-refractivity contribution in [1.82, 2.24) is 9.88 Å². The second-order valence-corrected chi connectivity index (χ2v) is 5.35. The molecule has 0 bridgehead atoms. The fourth-order valence-corrected chi connectivity index (χ4v) is 2.84. The van der Waals surface area contributed by atoms with Gasteiger partial charge in [0.2, 0.25) is 0 Å². The molecule has 110 valence electrons. The third kappa shape index (κ3) is 3.48. The predicted molar refractivity (Wildman–Crippen MR) is 78.6 cm³/mol. The van der Waals surface area contributed by atoms with Crippen LogP contribution in [0.1, 0.15) is 48.9 Å². The predicted octanol–water partition coefficient (Wildman–Crippen LogP) is 1.50. The smallest absolute Gasteiger partial charge is 0.259 e. The lowest BCUT2D eigenvalue weighted by Gasteiger charge is -2.34. The van der Waals surface area contributed by atoms with E-state index in [1.165, 1.54) is 18.7 Å². The Balaban J connectivity index is 2.19. The molecule has 20 heavy (non-hydrogen) atoms. The third-order valence-electron chi connectivity index (χ3n) is 3.93. The van der Waals surface area contributed by atoms with Crippen molar-refractivity contribution in [3.63, 3.8) is 0 Å².